The number of aromatic nitrogens is 4. The number of hydrogen-bond donors (Lipinski definition) is 3. The zero-order valence-corrected chi connectivity index (χ0v) is 10.8. The van der Waals surface area contributed by atoms with Gasteiger partial charge in [-0.2, -0.15) is 4.52 Å². The van der Waals surface area contributed by atoms with Gasteiger partial charge in [0.05, 0.1) is 6.61 Å². The number of nitrogens with zero attached hydrogens (tertiary/aromatic N) is 4. The van der Waals surface area contributed by atoms with Crippen LogP contribution in [0.4, 0.5) is 0 Å². The van der Waals surface area contributed by atoms with E-state index in [-0.39, 0.29) is 11.2 Å². The van der Waals surface area contributed by atoms with Crippen LogP contribution in [0.5, 0.6) is 6.01 Å². The lowest BCUT2D eigenvalue weighted by molar-refractivity contribution is -0.120. The molecule has 1 aliphatic rings. The maximum absolute atomic E-state index is 9.77. The zero-order valence-electron chi connectivity index (χ0n) is 10.00. The number of hydrogen-bond acceptors (Lipinski definition) is 8. The average Bonchev–Trinajstić information content (AvgIpc) is 2.95. The molecule has 10 heteroatoms. The highest BCUT2D eigenvalue weighted by Gasteiger charge is 2.44. The van der Waals surface area contributed by atoms with Gasteiger partial charge >= 0.3 is 6.01 Å². The Hall–Kier alpha value is -1.52. The van der Waals surface area contributed by atoms with Crippen LogP contribution >= 0.6 is 11.6 Å². The molecular weight excluding hydrogens is 292 g/mol. The fourth-order valence-electron chi connectivity index (χ4n) is 1.89. The molecule has 0 unspecified atom stereocenters. The van der Waals surface area contributed by atoms with Gasteiger partial charge in [0.1, 0.15) is 23.5 Å². The molecule has 3 N–H and O–H groups in total. The first kappa shape index (κ1) is 13.5. The molecule has 9 nitrogen and oxygen atoms in total. The van der Waals surface area contributed by atoms with Crippen LogP contribution in [0.3, 0.4) is 0 Å². The first-order valence-corrected chi connectivity index (χ1v) is 6.15. The fourth-order valence-corrected chi connectivity index (χ4v) is 2.03. The monoisotopic (exact) mass is 302 g/mol. The Labute approximate surface area is 117 Å². The molecular formula is C10H11ClN4O5. The second-order valence-electron chi connectivity index (χ2n) is 4.23. The van der Waals surface area contributed by atoms with Crippen molar-refractivity contribution in [2.24, 2.45) is 0 Å². The van der Waals surface area contributed by atoms with Gasteiger partial charge in [0.25, 0.3) is 0 Å². The Bertz CT molecular complexity index is 623. The zero-order chi connectivity index (χ0) is 14.3. The van der Waals surface area contributed by atoms with E-state index in [0.29, 0.717) is 5.65 Å². The second-order valence-corrected chi connectivity index (χ2v) is 4.62. The molecule has 3 heterocycles. The van der Waals surface area contributed by atoms with Gasteiger partial charge < -0.3 is 24.8 Å². The van der Waals surface area contributed by atoms with Crippen molar-refractivity contribution in [1.29, 1.82) is 0 Å². The van der Waals surface area contributed by atoms with E-state index in [0.717, 1.165) is 0 Å². The highest BCUT2D eigenvalue weighted by atomic mass is 35.5. The van der Waals surface area contributed by atoms with Crippen molar-refractivity contribution in [3.63, 3.8) is 0 Å². The highest BCUT2D eigenvalue weighted by Crippen LogP contribution is 2.23. The molecule has 108 valence electrons. The molecule has 2 aromatic heterocycles. The normalized spacial score (nSPS) is 30.0. The average molecular weight is 303 g/mol. The van der Waals surface area contributed by atoms with Crippen molar-refractivity contribution in [1.82, 2.24) is 19.8 Å². The molecule has 0 radical (unpaired) electrons. The summed E-state index contributed by atoms with van der Waals surface area (Å²) in [4.78, 5) is 0. The van der Waals surface area contributed by atoms with E-state index in [1.54, 1.807) is 12.1 Å². The van der Waals surface area contributed by atoms with Crippen LogP contribution in [0.25, 0.3) is 5.65 Å². The quantitative estimate of drug-likeness (QED) is 0.632. The summed E-state index contributed by atoms with van der Waals surface area (Å²) in [6.07, 6.45) is -4.68. The molecule has 1 fully saturated rings. The summed E-state index contributed by atoms with van der Waals surface area (Å²) in [5.74, 6) is 0. The standard InChI is InChI=1S/C10H11ClN4O5/c11-5-1-2-6-12-13-10(15(6)14-5)20-9-8(18)7(17)4(3-16)19-9/h1-2,4,7-9,16-18H,3H2/t4-,7-,8+,9-/m1/s1. The van der Waals surface area contributed by atoms with Gasteiger partial charge in [-0.05, 0) is 12.1 Å². The molecule has 0 bridgehead atoms. The van der Waals surface area contributed by atoms with Crippen LogP contribution < -0.4 is 4.74 Å². The maximum atomic E-state index is 9.77. The third-order valence-corrected chi connectivity index (χ3v) is 3.12. The van der Waals surface area contributed by atoms with Crippen LogP contribution in [0.1, 0.15) is 0 Å². The molecule has 0 saturated carbocycles. The first-order valence-electron chi connectivity index (χ1n) is 5.77. The molecule has 1 saturated heterocycles. The topological polar surface area (TPSA) is 122 Å². The molecule has 0 aliphatic carbocycles. The number of ether oxygens (including phenoxy) is 2. The Morgan fingerprint density at radius 1 is 1.30 bits per heavy atom. The van der Waals surface area contributed by atoms with E-state index < -0.39 is 31.2 Å². The van der Waals surface area contributed by atoms with Gasteiger partial charge in [0, 0.05) is 0 Å². The van der Waals surface area contributed by atoms with Gasteiger partial charge in [-0.25, -0.2) is 0 Å². The number of rotatable bonds is 3. The predicted octanol–water partition coefficient (Wildman–Crippen LogP) is -1.40. The van der Waals surface area contributed by atoms with E-state index in [2.05, 4.69) is 15.3 Å². The second kappa shape index (κ2) is 5.11. The van der Waals surface area contributed by atoms with Crippen molar-refractivity contribution in [3.8, 4) is 6.01 Å². The van der Waals surface area contributed by atoms with E-state index in [4.69, 9.17) is 26.2 Å². The minimum absolute atomic E-state index is 0.0441. The lowest BCUT2D eigenvalue weighted by Gasteiger charge is -2.14. The summed E-state index contributed by atoms with van der Waals surface area (Å²) in [5.41, 5.74) is 0.399. The van der Waals surface area contributed by atoms with Gasteiger partial charge in [-0.15, -0.1) is 10.2 Å². The molecule has 3 rings (SSSR count). The third-order valence-electron chi connectivity index (χ3n) is 2.92. The van der Waals surface area contributed by atoms with Gasteiger partial charge in [-0.3, -0.25) is 0 Å². The number of aliphatic hydroxyl groups excluding tert-OH is 3. The maximum Gasteiger partial charge on any atom is 0.341 e. The molecule has 0 aromatic carbocycles. The molecule has 0 amide bonds. The fraction of sp³-hybridized carbons (Fsp3) is 0.500. The van der Waals surface area contributed by atoms with Crippen molar-refractivity contribution in [2.75, 3.05) is 6.61 Å². The van der Waals surface area contributed by atoms with E-state index in [9.17, 15) is 10.2 Å². The summed E-state index contributed by atoms with van der Waals surface area (Å²) >= 11 is 5.76. The first-order chi connectivity index (χ1) is 9.60. The van der Waals surface area contributed by atoms with E-state index in [1.807, 2.05) is 0 Å². The predicted molar refractivity (Wildman–Crippen MR) is 64.2 cm³/mol. The van der Waals surface area contributed by atoms with Crippen molar-refractivity contribution in [3.05, 3.63) is 17.3 Å². The Morgan fingerprint density at radius 2 is 2.10 bits per heavy atom. The minimum Gasteiger partial charge on any atom is -0.429 e. The molecule has 2 aromatic rings. The van der Waals surface area contributed by atoms with Crippen LogP contribution in [0.2, 0.25) is 5.15 Å². The number of halogens is 1. The lowest BCUT2D eigenvalue weighted by Crippen LogP contribution is -2.35. The van der Waals surface area contributed by atoms with Crippen molar-refractivity contribution >= 4 is 17.2 Å². The van der Waals surface area contributed by atoms with Gasteiger partial charge in [-0.1, -0.05) is 16.7 Å². The summed E-state index contributed by atoms with van der Waals surface area (Å²) in [5, 5.41) is 40.1. The molecule has 0 spiro atoms. The largest absolute Gasteiger partial charge is 0.429 e. The van der Waals surface area contributed by atoms with Crippen LogP contribution in [0.15, 0.2) is 12.1 Å². The highest BCUT2D eigenvalue weighted by molar-refractivity contribution is 6.29. The summed E-state index contributed by atoms with van der Waals surface area (Å²) in [6, 6.07) is 3.09. The summed E-state index contributed by atoms with van der Waals surface area (Å²) < 4.78 is 11.7. The van der Waals surface area contributed by atoms with Gasteiger partial charge in [0.15, 0.2) is 5.65 Å². The van der Waals surface area contributed by atoms with Crippen molar-refractivity contribution in [2.45, 2.75) is 24.6 Å². The Kier molecular flexibility index (Phi) is 3.44. The van der Waals surface area contributed by atoms with Gasteiger partial charge in [0.2, 0.25) is 6.29 Å². The molecule has 1 aliphatic heterocycles. The van der Waals surface area contributed by atoms with Crippen LogP contribution in [0, 0.1) is 0 Å². The van der Waals surface area contributed by atoms with E-state index in [1.165, 1.54) is 4.52 Å². The lowest BCUT2D eigenvalue weighted by atomic mass is 10.1. The Balaban J connectivity index is 1.85. The third kappa shape index (κ3) is 2.19. The van der Waals surface area contributed by atoms with Crippen LogP contribution in [-0.2, 0) is 4.74 Å². The minimum atomic E-state index is -1.32. The van der Waals surface area contributed by atoms with E-state index >= 15 is 0 Å². The number of fused-ring (bicyclic) bond motifs is 1. The SMILES string of the molecule is OC[C@H]1O[C@H](Oc2nnc3ccc(Cl)nn23)[C@@H](O)[C@@H]1O. The summed E-state index contributed by atoms with van der Waals surface area (Å²) in [6.45, 7) is -0.442. The van der Waals surface area contributed by atoms with Crippen LogP contribution in [-0.4, -0.2) is 66.3 Å². The molecule has 20 heavy (non-hydrogen) atoms. The Morgan fingerprint density at radius 3 is 2.80 bits per heavy atom. The van der Waals surface area contributed by atoms with Crippen molar-refractivity contribution < 1.29 is 24.8 Å². The summed E-state index contributed by atoms with van der Waals surface area (Å²) in [7, 11) is 0. The number of aliphatic hydroxyl groups is 3. The molecule has 4 atom stereocenters. The smallest absolute Gasteiger partial charge is 0.341 e.